The van der Waals surface area contributed by atoms with Crippen LogP contribution in [-0.4, -0.2) is 39.7 Å². The Morgan fingerprint density at radius 2 is 1.93 bits per heavy atom. The number of ether oxygens (including phenoxy) is 1. The van der Waals surface area contributed by atoms with Gasteiger partial charge in [0.25, 0.3) is 11.5 Å². The Balaban J connectivity index is 1.80. The van der Waals surface area contributed by atoms with Crippen molar-refractivity contribution in [2.75, 3.05) is 19.4 Å². The number of carbonyl (C=O) groups excluding carboxylic acids is 1. The van der Waals surface area contributed by atoms with Gasteiger partial charge in [0.1, 0.15) is 11.3 Å². The molecule has 1 amide bonds. The minimum Gasteiger partial charge on any atom is -0.446 e. The van der Waals surface area contributed by atoms with Crippen LogP contribution in [0.25, 0.3) is 0 Å². The van der Waals surface area contributed by atoms with Crippen LogP contribution in [-0.2, 0) is 0 Å². The van der Waals surface area contributed by atoms with Crippen LogP contribution in [0.5, 0.6) is 11.5 Å². The Kier molecular flexibility index (Phi) is 4.21. The van der Waals surface area contributed by atoms with Crippen molar-refractivity contribution in [1.29, 1.82) is 0 Å². The number of nitrogens with zero attached hydrogens (tertiary/aromatic N) is 3. The van der Waals surface area contributed by atoms with Crippen molar-refractivity contribution < 1.29 is 9.53 Å². The number of hydrogen-bond donors (Lipinski definition) is 2. The van der Waals surface area contributed by atoms with Gasteiger partial charge in [0.15, 0.2) is 11.4 Å². The number of rotatable bonds is 2. The van der Waals surface area contributed by atoms with E-state index in [9.17, 15) is 14.4 Å². The molecule has 4 rings (SSSR count). The van der Waals surface area contributed by atoms with Crippen LogP contribution in [0.3, 0.4) is 0 Å². The topological polar surface area (TPSA) is 109 Å². The van der Waals surface area contributed by atoms with Crippen LogP contribution in [0.4, 0.5) is 11.4 Å². The zero-order chi connectivity index (χ0) is 19.1. The lowest BCUT2D eigenvalue weighted by Gasteiger charge is -2.27. The summed E-state index contributed by atoms with van der Waals surface area (Å²) in [6.07, 6.45) is 7.77. The molecule has 1 saturated carbocycles. The number of carbonyl (C=O) groups is 1. The van der Waals surface area contributed by atoms with Gasteiger partial charge in [0.2, 0.25) is 5.75 Å². The molecule has 1 fully saturated rings. The highest BCUT2D eigenvalue weighted by molar-refractivity contribution is 5.99. The number of anilines is 2. The molecule has 0 bridgehead atoms. The van der Waals surface area contributed by atoms with Crippen LogP contribution < -0.4 is 21.2 Å². The van der Waals surface area contributed by atoms with Gasteiger partial charge < -0.3 is 15.0 Å². The maximum Gasteiger partial charge on any atom is 0.308 e. The molecule has 2 aromatic rings. The molecule has 2 aliphatic rings. The third-order valence-corrected chi connectivity index (χ3v) is 5.02. The molecule has 9 nitrogen and oxygen atoms in total. The number of H-pyrrole nitrogens is 1. The summed E-state index contributed by atoms with van der Waals surface area (Å²) in [7, 11) is 3.23. The normalized spacial score (nSPS) is 15.9. The molecule has 9 heteroatoms. The fraction of sp³-hybridized carbons (Fsp3) is 0.444. The summed E-state index contributed by atoms with van der Waals surface area (Å²) in [5.74, 6) is -0.244. The van der Waals surface area contributed by atoms with Crippen LogP contribution in [0.15, 0.2) is 22.0 Å². The van der Waals surface area contributed by atoms with Gasteiger partial charge in [-0.05, 0) is 12.8 Å². The molecule has 1 aliphatic heterocycles. The Bertz CT molecular complexity index is 1020. The predicted octanol–water partition coefficient (Wildman–Crippen LogP) is 1.99. The molecule has 0 unspecified atom stereocenters. The summed E-state index contributed by atoms with van der Waals surface area (Å²) in [4.78, 5) is 43.4. The lowest BCUT2D eigenvalue weighted by Crippen LogP contribution is -2.36. The molecule has 1 aliphatic carbocycles. The number of aromatic amines is 1. The second-order valence-electron chi connectivity index (χ2n) is 7.10. The minimum atomic E-state index is -0.506. The van der Waals surface area contributed by atoms with E-state index in [0.717, 1.165) is 32.1 Å². The highest BCUT2D eigenvalue weighted by atomic mass is 16.5. The maximum atomic E-state index is 13.0. The molecule has 0 saturated heterocycles. The zero-order valence-corrected chi connectivity index (χ0v) is 15.2. The summed E-state index contributed by atoms with van der Waals surface area (Å²) < 4.78 is 7.13. The van der Waals surface area contributed by atoms with E-state index in [1.54, 1.807) is 14.1 Å². The number of pyridine rings is 1. The highest BCUT2D eigenvalue weighted by Gasteiger charge is 2.30. The molecule has 0 aromatic carbocycles. The van der Waals surface area contributed by atoms with E-state index in [1.165, 1.54) is 22.0 Å². The average Bonchev–Trinajstić information content (AvgIpc) is 2.69. The first-order valence-corrected chi connectivity index (χ1v) is 9.00. The quantitative estimate of drug-likeness (QED) is 0.713. The van der Waals surface area contributed by atoms with Gasteiger partial charge >= 0.3 is 5.56 Å². The van der Waals surface area contributed by atoms with E-state index < -0.39 is 5.56 Å². The van der Waals surface area contributed by atoms with Crippen LogP contribution in [0, 0.1) is 0 Å². The van der Waals surface area contributed by atoms with Gasteiger partial charge in [-0.3, -0.25) is 24.5 Å². The van der Waals surface area contributed by atoms with Gasteiger partial charge in [-0.2, -0.15) is 0 Å². The summed E-state index contributed by atoms with van der Waals surface area (Å²) in [6, 6.07) is -0.0211. The summed E-state index contributed by atoms with van der Waals surface area (Å²) in [5.41, 5.74) is -0.174. The van der Waals surface area contributed by atoms with E-state index in [2.05, 4.69) is 15.4 Å². The zero-order valence-electron chi connectivity index (χ0n) is 15.2. The van der Waals surface area contributed by atoms with Crippen LogP contribution in [0.2, 0.25) is 0 Å². The summed E-state index contributed by atoms with van der Waals surface area (Å²) in [5, 5.41) is 5.60. The largest absolute Gasteiger partial charge is 0.446 e. The number of fused-ring (bicyclic) bond motifs is 2. The van der Waals surface area contributed by atoms with Gasteiger partial charge in [-0.25, -0.2) is 4.68 Å². The standard InChI is InChI=1S/C18H21N5O4/c1-22(2)17(25)11-8-19-9-12-14(11)27-15-13(20-12)18(26)23(21-16(15)24)10-6-4-3-5-7-10/h8-10,20H,3-7H2,1-2H3,(H,21,24). The summed E-state index contributed by atoms with van der Waals surface area (Å²) in [6.45, 7) is 0. The predicted molar refractivity (Wildman–Crippen MR) is 99.1 cm³/mol. The van der Waals surface area contributed by atoms with Crippen LogP contribution >= 0.6 is 0 Å². The number of hydrogen-bond acceptors (Lipinski definition) is 6. The molecule has 2 N–H and O–H groups in total. The Morgan fingerprint density at radius 1 is 1.19 bits per heavy atom. The first-order chi connectivity index (χ1) is 13.0. The fourth-order valence-electron chi connectivity index (χ4n) is 3.62. The van der Waals surface area contributed by atoms with Gasteiger partial charge in [-0.1, -0.05) is 19.3 Å². The molecule has 0 spiro atoms. The summed E-state index contributed by atoms with van der Waals surface area (Å²) >= 11 is 0. The van der Waals surface area contributed by atoms with Crippen molar-refractivity contribution in [1.82, 2.24) is 19.7 Å². The third-order valence-electron chi connectivity index (χ3n) is 5.02. The lowest BCUT2D eigenvalue weighted by atomic mass is 9.95. The van der Waals surface area contributed by atoms with Gasteiger partial charge in [0, 0.05) is 20.3 Å². The second-order valence-corrected chi connectivity index (χ2v) is 7.10. The SMILES string of the molecule is CN(C)C(=O)c1cncc2c1Oc1c(c(=O)n(C3CCCCC3)[nH]c1=O)N2. The minimum absolute atomic E-state index is 0.0211. The second kappa shape index (κ2) is 6.57. The van der Waals surface area contributed by atoms with E-state index in [4.69, 9.17) is 4.74 Å². The monoisotopic (exact) mass is 371 g/mol. The van der Waals surface area contributed by atoms with Crippen molar-refractivity contribution in [2.45, 2.75) is 38.1 Å². The molecule has 142 valence electrons. The molecule has 27 heavy (non-hydrogen) atoms. The molecular formula is C18H21N5O4. The first-order valence-electron chi connectivity index (χ1n) is 9.00. The van der Waals surface area contributed by atoms with Crippen molar-refractivity contribution in [2.24, 2.45) is 0 Å². The Hall–Kier alpha value is -3.10. The van der Waals surface area contributed by atoms with Crippen LogP contribution in [0.1, 0.15) is 48.5 Å². The van der Waals surface area contributed by atoms with Crippen molar-refractivity contribution in [3.8, 4) is 11.5 Å². The first kappa shape index (κ1) is 17.3. The van der Waals surface area contributed by atoms with Gasteiger partial charge in [0.05, 0.1) is 12.2 Å². The van der Waals surface area contributed by atoms with E-state index in [1.807, 2.05) is 0 Å². The fourth-order valence-corrected chi connectivity index (χ4v) is 3.62. The molecule has 2 aromatic heterocycles. The molecule has 0 atom stereocenters. The van der Waals surface area contributed by atoms with Gasteiger partial charge in [-0.15, -0.1) is 0 Å². The molecular weight excluding hydrogens is 350 g/mol. The van der Waals surface area contributed by atoms with E-state index in [0.29, 0.717) is 5.69 Å². The van der Waals surface area contributed by atoms with Crippen molar-refractivity contribution in [3.05, 3.63) is 38.7 Å². The van der Waals surface area contributed by atoms with Crippen molar-refractivity contribution in [3.63, 3.8) is 0 Å². The Labute approximate surface area is 155 Å². The average molecular weight is 371 g/mol. The molecule has 0 radical (unpaired) electrons. The molecule has 3 heterocycles. The van der Waals surface area contributed by atoms with Crippen molar-refractivity contribution >= 4 is 17.3 Å². The maximum absolute atomic E-state index is 13.0. The number of aromatic nitrogens is 3. The number of nitrogens with one attached hydrogen (secondary N) is 2. The number of amides is 1. The lowest BCUT2D eigenvalue weighted by molar-refractivity contribution is 0.0824. The van der Waals surface area contributed by atoms with E-state index in [-0.39, 0.29) is 40.3 Å². The Morgan fingerprint density at radius 3 is 2.63 bits per heavy atom. The highest BCUT2D eigenvalue weighted by Crippen LogP contribution is 2.40. The third kappa shape index (κ3) is 2.88. The van der Waals surface area contributed by atoms with E-state index >= 15 is 0 Å². The smallest absolute Gasteiger partial charge is 0.308 e.